The zero-order valence-corrected chi connectivity index (χ0v) is 24.9. The lowest BCUT2D eigenvalue weighted by atomic mass is 9.78. The van der Waals surface area contributed by atoms with E-state index in [0.717, 1.165) is 0 Å². The summed E-state index contributed by atoms with van der Waals surface area (Å²) in [5, 5.41) is 5.45. The van der Waals surface area contributed by atoms with E-state index in [2.05, 4.69) is 122 Å². The van der Waals surface area contributed by atoms with Crippen molar-refractivity contribution in [2.24, 2.45) is 0 Å². The number of hydrogen-bond acceptors (Lipinski definition) is 0. The molecule has 5 aromatic carbocycles. The minimum Gasteiger partial charge on any atom is -0.106 e. The van der Waals surface area contributed by atoms with Gasteiger partial charge in [-0.1, -0.05) is 129 Å². The molecule has 1 aliphatic heterocycles. The van der Waals surface area contributed by atoms with E-state index in [1.165, 1.54) is 89.7 Å². The van der Waals surface area contributed by atoms with Gasteiger partial charge >= 0.3 is 0 Å². The van der Waals surface area contributed by atoms with Crippen LogP contribution in [0.4, 0.5) is 0 Å². The van der Waals surface area contributed by atoms with Crippen LogP contribution < -0.4 is 0 Å². The maximum absolute atomic E-state index is 2.52. The molecule has 1 heteroatoms. The first-order chi connectivity index (χ1) is 19.8. The van der Waals surface area contributed by atoms with E-state index in [0.29, 0.717) is 17.8 Å². The Kier molecular flexibility index (Phi) is 8.95. The van der Waals surface area contributed by atoms with Crippen LogP contribution in [0.1, 0.15) is 79.9 Å². The van der Waals surface area contributed by atoms with Crippen molar-refractivity contribution in [2.45, 2.75) is 63.2 Å². The summed E-state index contributed by atoms with van der Waals surface area (Å²) in [6, 6.07) is 43.7. The predicted octanol–water partition coefficient (Wildman–Crippen LogP) is 11.5. The third-order valence-electron chi connectivity index (χ3n) is 9.32. The molecule has 0 nitrogen and oxygen atoms in total. The van der Waals surface area contributed by atoms with Crippen LogP contribution in [-0.4, -0.2) is 18.5 Å². The second-order valence-electron chi connectivity index (χ2n) is 12.0. The summed E-state index contributed by atoms with van der Waals surface area (Å²) in [7, 11) is 0.135. The molecule has 0 aromatic heterocycles. The molecular formula is C39H43P. The van der Waals surface area contributed by atoms with Crippen molar-refractivity contribution in [3.8, 4) is 0 Å². The molecule has 3 unspecified atom stereocenters. The van der Waals surface area contributed by atoms with Gasteiger partial charge < -0.3 is 0 Å². The van der Waals surface area contributed by atoms with Gasteiger partial charge in [0.05, 0.1) is 0 Å². The van der Waals surface area contributed by atoms with Crippen molar-refractivity contribution in [3.63, 3.8) is 0 Å². The molecule has 0 saturated carbocycles. The molecule has 0 radical (unpaired) electrons. The molecule has 6 rings (SSSR count). The predicted molar refractivity (Wildman–Crippen MR) is 177 cm³/mol. The Morgan fingerprint density at radius 1 is 0.500 bits per heavy atom. The van der Waals surface area contributed by atoms with E-state index < -0.39 is 0 Å². The highest BCUT2D eigenvalue weighted by Gasteiger charge is 2.26. The summed E-state index contributed by atoms with van der Waals surface area (Å²) in [4.78, 5) is 0. The van der Waals surface area contributed by atoms with Crippen molar-refractivity contribution in [1.29, 1.82) is 0 Å². The number of hydrogen-bond donors (Lipinski definition) is 0. The Bertz CT molecular complexity index is 1510. The zero-order valence-electron chi connectivity index (χ0n) is 24.0. The van der Waals surface area contributed by atoms with Gasteiger partial charge in [0.2, 0.25) is 0 Å². The topological polar surface area (TPSA) is 0 Å². The number of benzene rings is 5. The molecule has 1 heterocycles. The van der Waals surface area contributed by atoms with Crippen molar-refractivity contribution in [2.75, 3.05) is 18.5 Å². The lowest BCUT2D eigenvalue weighted by Crippen LogP contribution is -2.15. The molecule has 3 atom stereocenters. The third kappa shape index (κ3) is 6.50. The van der Waals surface area contributed by atoms with Gasteiger partial charge in [-0.05, 0) is 107 Å². The van der Waals surface area contributed by atoms with Crippen LogP contribution in [0, 0.1) is 0 Å². The second kappa shape index (κ2) is 13.1. The second-order valence-corrected chi connectivity index (χ2v) is 14.6. The fraction of sp³-hybridized carbons (Fsp3) is 0.333. The van der Waals surface area contributed by atoms with Crippen LogP contribution in [-0.2, 0) is 0 Å². The van der Waals surface area contributed by atoms with Crippen molar-refractivity contribution in [1.82, 2.24) is 0 Å². The van der Waals surface area contributed by atoms with Crippen LogP contribution in [0.2, 0.25) is 0 Å². The largest absolute Gasteiger partial charge is 0.106 e. The maximum Gasteiger partial charge on any atom is -0.0117 e. The van der Waals surface area contributed by atoms with Gasteiger partial charge in [0.1, 0.15) is 0 Å². The highest BCUT2D eigenvalue weighted by Crippen LogP contribution is 2.48. The average molecular weight is 543 g/mol. The molecule has 40 heavy (non-hydrogen) atoms. The van der Waals surface area contributed by atoms with Crippen LogP contribution >= 0.6 is 7.92 Å². The monoisotopic (exact) mass is 542 g/mol. The normalized spacial score (nSPS) is 16.6. The molecule has 204 valence electrons. The summed E-state index contributed by atoms with van der Waals surface area (Å²) in [5.74, 6) is 1.73. The number of fused-ring (bicyclic) bond motifs is 2. The first kappa shape index (κ1) is 27.2. The van der Waals surface area contributed by atoms with E-state index in [4.69, 9.17) is 0 Å². The molecule has 5 aromatic rings. The van der Waals surface area contributed by atoms with Gasteiger partial charge in [0.25, 0.3) is 0 Å². The van der Waals surface area contributed by atoms with E-state index in [9.17, 15) is 0 Å². The van der Waals surface area contributed by atoms with Gasteiger partial charge in [-0.3, -0.25) is 0 Å². The van der Waals surface area contributed by atoms with Crippen LogP contribution in [0.5, 0.6) is 0 Å². The zero-order chi connectivity index (χ0) is 27.1. The molecule has 0 N–H and O–H groups in total. The van der Waals surface area contributed by atoms with Crippen molar-refractivity contribution >= 4 is 29.5 Å². The maximum atomic E-state index is 2.52. The smallest absolute Gasteiger partial charge is 0.0117 e. The lowest BCUT2D eigenvalue weighted by molar-refractivity contribution is 0.469. The lowest BCUT2D eigenvalue weighted by Gasteiger charge is -2.32. The molecule has 1 saturated heterocycles. The standard InChI is InChI=1S/C39H43P/c1-2-30(36-21-19-32-15-7-9-17-34(32)26-36)25-38(31-13-5-3-6-14-31)28-39(29-40-23-11-4-12-24-40)37-22-20-33-16-8-10-18-35(33)27-37/h3,5-10,13-22,26-27,30,38-39H,2,4,11-12,23-25,28-29H2,1H3. The average Bonchev–Trinajstić information content (AvgIpc) is 3.03. The summed E-state index contributed by atoms with van der Waals surface area (Å²) < 4.78 is 0. The summed E-state index contributed by atoms with van der Waals surface area (Å²) in [6.45, 7) is 2.38. The van der Waals surface area contributed by atoms with Gasteiger partial charge in [0, 0.05) is 0 Å². The molecular weight excluding hydrogens is 499 g/mol. The molecule has 1 aliphatic rings. The molecule has 0 aliphatic carbocycles. The van der Waals surface area contributed by atoms with Crippen LogP contribution in [0.15, 0.2) is 115 Å². The van der Waals surface area contributed by atoms with Crippen molar-refractivity contribution < 1.29 is 0 Å². The number of rotatable bonds is 10. The van der Waals surface area contributed by atoms with Crippen LogP contribution in [0.3, 0.4) is 0 Å². The minimum atomic E-state index is 0.135. The molecule has 1 fully saturated rings. The van der Waals surface area contributed by atoms with E-state index in [1.807, 2.05) is 0 Å². The Morgan fingerprint density at radius 3 is 1.62 bits per heavy atom. The highest BCUT2D eigenvalue weighted by atomic mass is 31.1. The highest BCUT2D eigenvalue weighted by molar-refractivity contribution is 7.57. The Morgan fingerprint density at radius 2 is 1.02 bits per heavy atom. The van der Waals surface area contributed by atoms with E-state index in [-0.39, 0.29) is 7.92 Å². The third-order valence-corrected chi connectivity index (χ3v) is 12.2. The minimum absolute atomic E-state index is 0.135. The Hall–Kier alpha value is -2.95. The fourth-order valence-corrected chi connectivity index (χ4v) is 9.93. The van der Waals surface area contributed by atoms with E-state index >= 15 is 0 Å². The Labute approximate surface area is 242 Å². The van der Waals surface area contributed by atoms with Crippen molar-refractivity contribution in [3.05, 3.63) is 132 Å². The van der Waals surface area contributed by atoms with Gasteiger partial charge in [-0.2, -0.15) is 0 Å². The quantitative estimate of drug-likeness (QED) is 0.154. The Balaban J connectivity index is 1.33. The summed E-state index contributed by atoms with van der Waals surface area (Å²) in [6.07, 6.45) is 12.3. The molecule has 0 spiro atoms. The van der Waals surface area contributed by atoms with Gasteiger partial charge in [-0.25, -0.2) is 0 Å². The van der Waals surface area contributed by atoms with Gasteiger partial charge in [-0.15, -0.1) is 7.92 Å². The summed E-state index contributed by atoms with van der Waals surface area (Å²) >= 11 is 0. The first-order valence-corrected chi connectivity index (χ1v) is 17.4. The van der Waals surface area contributed by atoms with E-state index in [1.54, 1.807) is 5.56 Å². The molecule has 0 bridgehead atoms. The van der Waals surface area contributed by atoms with Crippen LogP contribution in [0.25, 0.3) is 21.5 Å². The van der Waals surface area contributed by atoms with Gasteiger partial charge in [0.15, 0.2) is 0 Å². The fourth-order valence-electron chi connectivity index (χ4n) is 7.01. The summed E-state index contributed by atoms with van der Waals surface area (Å²) in [5.41, 5.74) is 4.58. The SMILES string of the molecule is CCC(CC(CC(CP1CCCCC1)c1ccc2ccccc2c1)c1ccccc1)c1ccc2ccccc2c1. The molecule has 0 amide bonds. The first-order valence-electron chi connectivity index (χ1n) is 15.5.